The number of carbonyl (C=O) groups is 1. The second-order valence-corrected chi connectivity index (χ2v) is 5.83. The van der Waals surface area contributed by atoms with Gasteiger partial charge in [0.1, 0.15) is 10.7 Å². The predicted octanol–water partition coefficient (Wildman–Crippen LogP) is 2.05. The molecule has 0 unspecified atom stereocenters. The van der Waals surface area contributed by atoms with Gasteiger partial charge in [0.15, 0.2) is 16.6 Å². The number of aromatic nitrogens is 1. The van der Waals surface area contributed by atoms with E-state index in [1.165, 1.54) is 32.7 Å². The normalized spacial score (nSPS) is 10.3. The van der Waals surface area contributed by atoms with Crippen LogP contribution in [0.4, 0.5) is 10.9 Å². The molecule has 0 saturated carbocycles. The average molecular weight is 337 g/mol. The molecule has 0 radical (unpaired) electrons. The standard InChI is InChI=1S/C15H19N3O4S/c1-18(2)15-17-14(16)13(23-15)11(19)8-6-9(20-3)12(22-5)10(7-8)21-4/h6-7H,16H2,1-5H3. The molecule has 1 heterocycles. The molecular formula is C15H19N3O4S. The van der Waals surface area contributed by atoms with Crippen molar-refractivity contribution < 1.29 is 19.0 Å². The van der Waals surface area contributed by atoms with Gasteiger partial charge in [-0.3, -0.25) is 4.79 Å². The Morgan fingerprint density at radius 3 is 2.09 bits per heavy atom. The first kappa shape index (κ1) is 16.9. The first-order valence-electron chi connectivity index (χ1n) is 6.71. The Balaban J connectivity index is 2.51. The van der Waals surface area contributed by atoms with Crippen LogP contribution in [0.3, 0.4) is 0 Å². The number of nitrogen functional groups attached to an aromatic ring is 1. The highest BCUT2D eigenvalue weighted by Gasteiger charge is 2.22. The number of nitrogens with two attached hydrogens (primary N) is 1. The summed E-state index contributed by atoms with van der Waals surface area (Å²) in [5.74, 6) is 1.21. The Morgan fingerprint density at radius 1 is 1.13 bits per heavy atom. The van der Waals surface area contributed by atoms with Crippen LogP contribution < -0.4 is 24.8 Å². The molecule has 0 bridgehead atoms. The van der Waals surface area contributed by atoms with Gasteiger partial charge in [0.2, 0.25) is 11.5 Å². The minimum Gasteiger partial charge on any atom is -0.493 e. The second-order valence-electron chi connectivity index (χ2n) is 4.85. The van der Waals surface area contributed by atoms with Gasteiger partial charge >= 0.3 is 0 Å². The number of carbonyl (C=O) groups excluding carboxylic acids is 1. The summed E-state index contributed by atoms with van der Waals surface area (Å²) in [7, 11) is 8.18. The third-order valence-corrected chi connectivity index (χ3v) is 4.40. The lowest BCUT2D eigenvalue weighted by atomic mass is 10.1. The van der Waals surface area contributed by atoms with Crippen molar-refractivity contribution in [3.63, 3.8) is 0 Å². The summed E-state index contributed by atoms with van der Waals surface area (Å²) >= 11 is 1.23. The fourth-order valence-electron chi connectivity index (χ4n) is 2.02. The van der Waals surface area contributed by atoms with Crippen molar-refractivity contribution >= 4 is 28.1 Å². The molecule has 0 spiro atoms. The van der Waals surface area contributed by atoms with Crippen LogP contribution in [-0.4, -0.2) is 46.2 Å². The summed E-state index contributed by atoms with van der Waals surface area (Å²) in [5, 5.41) is 0.665. The largest absolute Gasteiger partial charge is 0.493 e. The molecule has 1 aromatic carbocycles. The number of rotatable bonds is 6. The van der Waals surface area contributed by atoms with Crippen LogP contribution in [0.2, 0.25) is 0 Å². The van der Waals surface area contributed by atoms with E-state index in [0.717, 1.165) is 0 Å². The fourth-order valence-corrected chi connectivity index (χ4v) is 2.89. The van der Waals surface area contributed by atoms with Crippen molar-refractivity contribution in [1.82, 2.24) is 4.98 Å². The molecule has 0 aliphatic heterocycles. The van der Waals surface area contributed by atoms with E-state index >= 15 is 0 Å². The first-order chi connectivity index (χ1) is 10.9. The minimum atomic E-state index is -0.243. The van der Waals surface area contributed by atoms with Crippen LogP contribution >= 0.6 is 11.3 Å². The molecule has 0 aliphatic rings. The maximum atomic E-state index is 12.8. The number of thiazole rings is 1. The zero-order valence-electron chi connectivity index (χ0n) is 13.7. The number of ketones is 1. The third-order valence-electron chi connectivity index (χ3n) is 3.16. The Morgan fingerprint density at radius 2 is 1.70 bits per heavy atom. The monoisotopic (exact) mass is 337 g/mol. The molecule has 0 fully saturated rings. The maximum absolute atomic E-state index is 12.8. The van der Waals surface area contributed by atoms with Gasteiger partial charge in [0.25, 0.3) is 0 Å². The number of hydrogen-bond donors (Lipinski definition) is 1. The van der Waals surface area contributed by atoms with E-state index in [0.29, 0.717) is 32.8 Å². The van der Waals surface area contributed by atoms with Gasteiger partial charge in [0, 0.05) is 19.7 Å². The van der Waals surface area contributed by atoms with Crippen molar-refractivity contribution in [2.75, 3.05) is 46.1 Å². The van der Waals surface area contributed by atoms with E-state index < -0.39 is 0 Å². The number of methoxy groups -OCH3 is 3. The van der Waals surface area contributed by atoms with Crippen LogP contribution in [0.1, 0.15) is 15.2 Å². The van der Waals surface area contributed by atoms with E-state index in [4.69, 9.17) is 19.9 Å². The Labute approximate surface area is 138 Å². The van der Waals surface area contributed by atoms with Crippen molar-refractivity contribution in [3.8, 4) is 17.2 Å². The second kappa shape index (κ2) is 6.74. The Hall–Kier alpha value is -2.48. The molecule has 124 valence electrons. The third kappa shape index (κ3) is 3.16. The topological polar surface area (TPSA) is 86.9 Å². The Kier molecular flexibility index (Phi) is 4.95. The molecule has 2 aromatic rings. The smallest absolute Gasteiger partial charge is 0.207 e. The van der Waals surface area contributed by atoms with Crippen molar-refractivity contribution in [3.05, 3.63) is 22.6 Å². The number of hydrogen-bond acceptors (Lipinski definition) is 8. The molecule has 1 aromatic heterocycles. The van der Waals surface area contributed by atoms with Crippen LogP contribution in [0.25, 0.3) is 0 Å². The molecule has 0 amide bonds. The first-order valence-corrected chi connectivity index (χ1v) is 7.52. The fraction of sp³-hybridized carbons (Fsp3) is 0.333. The van der Waals surface area contributed by atoms with Gasteiger partial charge in [-0.2, -0.15) is 0 Å². The molecule has 0 saturated heterocycles. The van der Waals surface area contributed by atoms with Gasteiger partial charge in [-0.15, -0.1) is 0 Å². The number of nitrogens with zero attached hydrogens (tertiary/aromatic N) is 2. The molecule has 2 N–H and O–H groups in total. The zero-order chi connectivity index (χ0) is 17.1. The van der Waals surface area contributed by atoms with Gasteiger partial charge < -0.3 is 24.8 Å². The van der Waals surface area contributed by atoms with Crippen molar-refractivity contribution in [1.29, 1.82) is 0 Å². The lowest BCUT2D eigenvalue weighted by Crippen LogP contribution is -2.07. The molecule has 2 rings (SSSR count). The summed E-state index contributed by atoms with van der Waals surface area (Å²) in [5.41, 5.74) is 6.27. The highest BCUT2D eigenvalue weighted by molar-refractivity contribution is 7.18. The summed E-state index contributed by atoms with van der Waals surface area (Å²) in [6.45, 7) is 0. The van der Waals surface area contributed by atoms with E-state index in [-0.39, 0.29) is 11.6 Å². The highest BCUT2D eigenvalue weighted by Crippen LogP contribution is 2.39. The van der Waals surface area contributed by atoms with Gasteiger partial charge in [-0.1, -0.05) is 11.3 Å². The van der Waals surface area contributed by atoms with E-state index in [9.17, 15) is 4.79 Å². The zero-order valence-corrected chi connectivity index (χ0v) is 14.5. The number of benzene rings is 1. The average Bonchev–Trinajstić information content (AvgIpc) is 2.94. The van der Waals surface area contributed by atoms with E-state index in [1.807, 2.05) is 14.1 Å². The molecule has 0 atom stereocenters. The molecule has 7 nitrogen and oxygen atoms in total. The van der Waals surface area contributed by atoms with Gasteiger partial charge in [0.05, 0.1) is 21.3 Å². The summed E-state index contributed by atoms with van der Waals surface area (Å²) in [6, 6.07) is 3.19. The van der Waals surface area contributed by atoms with Crippen LogP contribution in [0, 0.1) is 0 Å². The summed E-state index contributed by atoms with van der Waals surface area (Å²) in [4.78, 5) is 19.1. The van der Waals surface area contributed by atoms with Crippen LogP contribution in [0.5, 0.6) is 17.2 Å². The lowest BCUT2D eigenvalue weighted by molar-refractivity contribution is 0.104. The molecule has 0 aliphatic carbocycles. The molecule has 8 heteroatoms. The highest BCUT2D eigenvalue weighted by atomic mass is 32.1. The van der Waals surface area contributed by atoms with Crippen LogP contribution in [-0.2, 0) is 0 Å². The molecular weight excluding hydrogens is 318 g/mol. The SMILES string of the molecule is COc1cc(C(=O)c2sc(N(C)C)nc2N)cc(OC)c1OC. The number of anilines is 2. The number of ether oxygens (including phenoxy) is 3. The molecule has 23 heavy (non-hydrogen) atoms. The van der Waals surface area contributed by atoms with Crippen LogP contribution in [0.15, 0.2) is 12.1 Å². The maximum Gasteiger partial charge on any atom is 0.207 e. The van der Waals surface area contributed by atoms with Crippen molar-refractivity contribution in [2.45, 2.75) is 0 Å². The van der Waals surface area contributed by atoms with Gasteiger partial charge in [-0.25, -0.2) is 4.98 Å². The van der Waals surface area contributed by atoms with Crippen molar-refractivity contribution in [2.24, 2.45) is 0 Å². The summed E-state index contributed by atoms with van der Waals surface area (Å²) in [6.07, 6.45) is 0. The lowest BCUT2D eigenvalue weighted by Gasteiger charge is -2.13. The van der Waals surface area contributed by atoms with E-state index in [2.05, 4.69) is 4.98 Å². The van der Waals surface area contributed by atoms with E-state index in [1.54, 1.807) is 17.0 Å². The summed E-state index contributed by atoms with van der Waals surface area (Å²) < 4.78 is 15.8. The minimum absolute atomic E-state index is 0.206. The van der Waals surface area contributed by atoms with Gasteiger partial charge in [-0.05, 0) is 12.1 Å². The predicted molar refractivity (Wildman–Crippen MR) is 90.4 cm³/mol. The quantitative estimate of drug-likeness (QED) is 0.807. The Bertz CT molecular complexity index is 703.